The summed E-state index contributed by atoms with van der Waals surface area (Å²) in [5, 5.41) is 9.90. The van der Waals surface area contributed by atoms with Crippen LogP contribution in [0.4, 0.5) is 0 Å². The van der Waals surface area contributed by atoms with Crippen molar-refractivity contribution in [1.29, 1.82) is 0 Å². The molecule has 0 fully saturated rings. The molecule has 17 heavy (non-hydrogen) atoms. The second kappa shape index (κ2) is 6.84. The van der Waals surface area contributed by atoms with E-state index in [1.807, 2.05) is 13.8 Å². The van der Waals surface area contributed by atoms with Crippen LogP contribution in [-0.2, 0) is 4.74 Å². The molecule has 0 amide bonds. The van der Waals surface area contributed by atoms with Crippen molar-refractivity contribution in [2.75, 3.05) is 13.2 Å². The van der Waals surface area contributed by atoms with Crippen molar-refractivity contribution in [2.45, 2.75) is 33.0 Å². The molecular weight excluding hydrogens is 240 g/mol. The lowest BCUT2D eigenvalue weighted by atomic mass is 10.1. The molecule has 0 saturated carbocycles. The number of benzene rings is 1. The minimum absolute atomic E-state index is 0.201. The van der Waals surface area contributed by atoms with Crippen LogP contribution in [-0.4, -0.2) is 24.4 Å². The van der Waals surface area contributed by atoms with Gasteiger partial charge in [0.15, 0.2) is 0 Å². The van der Waals surface area contributed by atoms with E-state index in [4.69, 9.17) is 21.1 Å². The molecule has 0 spiro atoms. The van der Waals surface area contributed by atoms with E-state index in [2.05, 4.69) is 0 Å². The van der Waals surface area contributed by atoms with E-state index in [9.17, 15) is 5.11 Å². The van der Waals surface area contributed by atoms with E-state index >= 15 is 0 Å². The molecule has 1 atom stereocenters. The summed E-state index contributed by atoms with van der Waals surface area (Å²) in [6.07, 6.45) is -0.322. The van der Waals surface area contributed by atoms with Gasteiger partial charge in [-0.1, -0.05) is 17.7 Å². The quantitative estimate of drug-likeness (QED) is 0.797. The van der Waals surface area contributed by atoms with Crippen molar-refractivity contribution in [1.82, 2.24) is 0 Å². The van der Waals surface area contributed by atoms with Gasteiger partial charge in [-0.15, -0.1) is 0 Å². The van der Waals surface area contributed by atoms with Gasteiger partial charge in [0.05, 0.1) is 23.8 Å². The summed E-state index contributed by atoms with van der Waals surface area (Å²) < 4.78 is 10.8. The average Bonchev–Trinajstić information content (AvgIpc) is 2.25. The average molecular weight is 259 g/mol. The zero-order chi connectivity index (χ0) is 12.8. The Morgan fingerprint density at radius 1 is 1.24 bits per heavy atom. The minimum atomic E-state index is -0.522. The lowest BCUT2D eigenvalue weighted by Gasteiger charge is -2.12. The topological polar surface area (TPSA) is 38.7 Å². The van der Waals surface area contributed by atoms with Crippen LogP contribution in [0.1, 0.15) is 32.4 Å². The number of hydrogen-bond donors (Lipinski definition) is 1. The summed E-state index contributed by atoms with van der Waals surface area (Å²) in [7, 11) is 0. The Balaban J connectivity index is 2.49. The van der Waals surface area contributed by atoms with Gasteiger partial charge < -0.3 is 14.6 Å². The Morgan fingerprint density at radius 3 is 2.47 bits per heavy atom. The molecule has 4 heteroatoms. The predicted molar refractivity (Wildman–Crippen MR) is 68.7 cm³/mol. The summed E-state index contributed by atoms with van der Waals surface area (Å²) in [6, 6.07) is 5.28. The molecule has 0 heterocycles. The third-order valence-electron chi connectivity index (χ3n) is 2.23. The lowest BCUT2D eigenvalue weighted by Crippen LogP contribution is -2.11. The van der Waals surface area contributed by atoms with Crippen LogP contribution in [0.5, 0.6) is 5.75 Å². The smallest absolute Gasteiger partial charge is 0.138 e. The highest BCUT2D eigenvalue weighted by molar-refractivity contribution is 6.32. The van der Waals surface area contributed by atoms with Crippen molar-refractivity contribution < 1.29 is 14.6 Å². The summed E-state index contributed by atoms with van der Waals surface area (Å²) in [6.45, 7) is 6.65. The number of rotatable bonds is 6. The molecule has 0 bridgehead atoms. The predicted octanol–water partition coefficient (Wildman–Crippen LogP) is 3.20. The second-order valence-corrected chi connectivity index (χ2v) is 4.54. The number of halogens is 1. The molecule has 1 rings (SSSR count). The first-order chi connectivity index (χ1) is 8.00. The maximum absolute atomic E-state index is 9.39. The van der Waals surface area contributed by atoms with Crippen molar-refractivity contribution in [3.63, 3.8) is 0 Å². The van der Waals surface area contributed by atoms with Crippen molar-refractivity contribution in [3.8, 4) is 5.75 Å². The molecule has 0 aliphatic carbocycles. The fourth-order valence-electron chi connectivity index (χ4n) is 1.33. The third-order valence-corrected chi connectivity index (χ3v) is 2.53. The molecule has 96 valence electrons. The van der Waals surface area contributed by atoms with Gasteiger partial charge in [-0.2, -0.15) is 0 Å². The summed E-state index contributed by atoms with van der Waals surface area (Å²) >= 11 is 6.04. The Hall–Kier alpha value is -0.770. The lowest BCUT2D eigenvalue weighted by molar-refractivity contribution is 0.0553. The molecule has 0 aliphatic heterocycles. The Morgan fingerprint density at radius 2 is 1.94 bits per heavy atom. The summed E-state index contributed by atoms with van der Waals surface area (Å²) in [5.41, 5.74) is 0.779. The van der Waals surface area contributed by atoms with E-state index in [0.29, 0.717) is 24.0 Å². The van der Waals surface area contributed by atoms with Gasteiger partial charge >= 0.3 is 0 Å². The molecule has 1 aromatic carbocycles. The number of aliphatic hydroxyl groups excluding tert-OH is 1. The highest BCUT2D eigenvalue weighted by atomic mass is 35.5. The largest absolute Gasteiger partial charge is 0.490 e. The van der Waals surface area contributed by atoms with Crippen LogP contribution in [0.25, 0.3) is 0 Å². The standard InChI is InChI=1S/C13H19ClO3/c1-9(2)16-6-7-17-13-5-4-11(10(3)15)8-12(13)14/h4-5,8-10,15H,6-7H2,1-3H3. The first-order valence-corrected chi connectivity index (χ1v) is 6.10. The molecule has 3 nitrogen and oxygen atoms in total. The van der Waals surface area contributed by atoms with Gasteiger partial charge in [0, 0.05) is 0 Å². The maximum atomic E-state index is 9.39. The fourth-order valence-corrected chi connectivity index (χ4v) is 1.57. The van der Waals surface area contributed by atoms with Crippen LogP contribution >= 0.6 is 11.6 Å². The molecule has 0 saturated heterocycles. The van der Waals surface area contributed by atoms with E-state index in [0.717, 1.165) is 5.56 Å². The first kappa shape index (κ1) is 14.3. The van der Waals surface area contributed by atoms with E-state index in [-0.39, 0.29) is 6.10 Å². The minimum Gasteiger partial charge on any atom is -0.490 e. The van der Waals surface area contributed by atoms with Crippen LogP contribution in [0.15, 0.2) is 18.2 Å². The second-order valence-electron chi connectivity index (χ2n) is 4.13. The van der Waals surface area contributed by atoms with Gasteiger partial charge in [-0.05, 0) is 38.5 Å². The molecule has 1 aromatic rings. The van der Waals surface area contributed by atoms with E-state index in [1.165, 1.54) is 0 Å². The van der Waals surface area contributed by atoms with Gasteiger partial charge in [0.1, 0.15) is 12.4 Å². The molecule has 0 radical (unpaired) electrons. The van der Waals surface area contributed by atoms with Crippen LogP contribution < -0.4 is 4.74 Å². The van der Waals surface area contributed by atoms with Crippen molar-refractivity contribution in [3.05, 3.63) is 28.8 Å². The highest BCUT2D eigenvalue weighted by Gasteiger charge is 2.06. The van der Waals surface area contributed by atoms with E-state index < -0.39 is 6.10 Å². The monoisotopic (exact) mass is 258 g/mol. The first-order valence-electron chi connectivity index (χ1n) is 5.72. The van der Waals surface area contributed by atoms with Gasteiger partial charge in [-0.3, -0.25) is 0 Å². The molecule has 1 N–H and O–H groups in total. The Labute approximate surface area is 107 Å². The van der Waals surface area contributed by atoms with Gasteiger partial charge in [0.25, 0.3) is 0 Å². The molecular formula is C13H19ClO3. The molecule has 1 unspecified atom stereocenters. The number of hydrogen-bond acceptors (Lipinski definition) is 3. The highest BCUT2D eigenvalue weighted by Crippen LogP contribution is 2.27. The van der Waals surface area contributed by atoms with Crippen LogP contribution in [0, 0.1) is 0 Å². The third kappa shape index (κ3) is 4.94. The number of ether oxygens (including phenoxy) is 2. The fraction of sp³-hybridized carbons (Fsp3) is 0.538. The zero-order valence-corrected chi connectivity index (χ0v) is 11.2. The van der Waals surface area contributed by atoms with Crippen LogP contribution in [0.2, 0.25) is 5.02 Å². The molecule has 0 aliphatic rings. The van der Waals surface area contributed by atoms with Crippen molar-refractivity contribution in [2.24, 2.45) is 0 Å². The Kier molecular flexibility index (Phi) is 5.75. The normalized spacial score (nSPS) is 12.8. The van der Waals surface area contributed by atoms with E-state index in [1.54, 1.807) is 25.1 Å². The summed E-state index contributed by atoms with van der Waals surface area (Å²) in [4.78, 5) is 0. The summed E-state index contributed by atoms with van der Waals surface area (Å²) in [5.74, 6) is 0.614. The zero-order valence-electron chi connectivity index (χ0n) is 10.4. The van der Waals surface area contributed by atoms with Gasteiger partial charge in [0.2, 0.25) is 0 Å². The van der Waals surface area contributed by atoms with Gasteiger partial charge in [-0.25, -0.2) is 0 Å². The SMILES string of the molecule is CC(C)OCCOc1ccc(C(C)O)cc1Cl. The van der Waals surface area contributed by atoms with Crippen molar-refractivity contribution >= 4 is 11.6 Å². The molecule has 0 aromatic heterocycles. The number of aliphatic hydroxyl groups is 1. The van der Waals surface area contributed by atoms with Crippen LogP contribution in [0.3, 0.4) is 0 Å². The Bertz CT molecular complexity index is 351. The maximum Gasteiger partial charge on any atom is 0.138 e.